The van der Waals surface area contributed by atoms with Crippen LogP contribution in [-0.4, -0.2) is 48.8 Å². The molecule has 1 aliphatic heterocycles. The number of morpholine rings is 1. The Labute approximate surface area is 105 Å². The van der Waals surface area contributed by atoms with Gasteiger partial charge in [-0.2, -0.15) is 4.98 Å². The van der Waals surface area contributed by atoms with Gasteiger partial charge in [-0.25, -0.2) is 4.98 Å². The maximum absolute atomic E-state index is 11.2. The van der Waals surface area contributed by atoms with E-state index in [0.29, 0.717) is 19.7 Å². The molecule has 0 aliphatic carbocycles. The molecule has 98 valence electrons. The summed E-state index contributed by atoms with van der Waals surface area (Å²) in [4.78, 5) is 21.2. The normalized spacial score (nSPS) is 19.6. The number of carbonyl (C=O) groups is 1. The zero-order valence-corrected chi connectivity index (χ0v) is 10.2. The molecule has 0 aromatic carbocycles. The quantitative estimate of drug-likeness (QED) is 0.746. The number of carbonyl (C=O) groups excluding carboxylic acids is 1. The van der Waals surface area contributed by atoms with Gasteiger partial charge in [0.1, 0.15) is 5.82 Å². The van der Waals surface area contributed by atoms with Crippen molar-refractivity contribution in [2.75, 3.05) is 37.4 Å². The molecule has 1 fully saturated rings. The van der Waals surface area contributed by atoms with E-state index in [0.717, 1.165) is 5.82 Å². The summed E-state index contributed by atoms with van der Waals surface area (Å²) in [7, 11) is 1.37. The minimum absolute atomic E-state index is 0.178. The molecule has 1 aromatic rings. The van der Waals surface area contributed by atoms with Crippen molar-refractivity contribution in [3.05, 3.63) is 12.3 Å². The molecule has 0 amide bonds. The number of anilines is 2. The molecular weight excluding hydrogens is 236 g/mol. The van der Waals surface area contributed by atoms with E-state index < -0.39 is 0 Å². The summed E-state index contributed by atoms with van der Waals surface area (Å²) in [6.45, 7) is 1.85. The van der Waals surface area contributed by atoms with E-state index in [4.69, 9.17) is 10.5 Å². The van der Waals surface area contributed by atoms with E-state index in [2.05, 4.69) is 14.7 Å². The van der Waals surface area contributed by atoms with Gasteiger partial charge in [0, 0.05) is 19.3 Å². The molecule has 0 bridgehead atoms. The Morgan fingerprint density at radius 2 is 2.56 bits per heavy atom. The summed E-state index contributed by atoms with van der Waals surface area (Å²) in [6.07, 6.45) is 1.68. The number of aromatic nitrogens is 2. The number of rotatable bonds is 3. The van der Waals surface area contributed by atoms with Gasteiger partial charge in [0.15, 0.2) is 0 Å². The summed E-state index contributed by atoms with van der Waals surface area (Å²) in [6, 6.07) is 1.79. The van der Waals surface area contributed by atoms with Gasteiger partial charge in [-0.15, -0.1) is 0 Å². The van der Waals surface area contributed by atoms with Crippen molar-refractivity contribution in [2.24, 2.45) is 0 Å². The molecule has 0 spiro atoms. The molecule has 2 heterocycles. The predicted octanol–water partition coefficient (Wildman–Crippen LogP) is -0.173. The van der Waals surface area contributed by atoms with Crippen LogP contribution in [0.5, 0.6) is 0 Å². The van der Waals surface area contributed by atoms with Gasteiger partial charge in [0.05, 0.1) is 26.2 Å². The number of hydrogen-bond donors (Lipinski definition) is 1. The van der Waals surface area contributed by atoms with Crippen LogP contribution in [0.25, 0.3) is 0 Å². The van der Waals surface area contributed by atoms with E-state index in [9.17, 15) is 4.79 Å². The van der Waals surface area contributed by atoms with Gasteiger partial charge in [-0.3, -0.25) is 4.79 Å². The lowest BCUT2D eigenvalue weighted by atomic mass is 10.2. The maximum atomic E-state index is 11.2. The standard InChI is InChI=1S/C11H16N4O3/c1-17-10(16)6-8-7-15(4-5-18-8)9-2-3-13-11(12)14-9/h2-3,8H,4-7H2,1H3,(H2,12,13,14). The van der Waals surface area contributed by atoms with Crippen molar-refractivity contribution in [2.45, 2.75) is 12.5 Å². The highest BCUT2D eigenvalue weighted by Gasteiger charge is 2.24. The average Bonchev–Trinajstić information content (AvgIpc) is 2.39. The minimum Gasteiger partial charge on any atom is -0.469 e. The van der Waals surface area contributed by atoms with Gasteiger partial charge in [-0.1, -0.05) is 0 Å². The number of methoxy groups -OCH3 is 1. The number of esters is 1. The van der Waals surface area contributed by atoms with Crippen LogP contribution >= 0.6 is 0 Å². The number of hydrogen-bond acceptors (Lipinski definition) is 7. The Morgan fingerprint density at radius 1 is 1.72 bits per heavy atom. The molecule has 1 aliphatic rings. The van der Waals surface area contributed by atoms with Crippen LogP contribution in [0.4, 0.5) is 11.8 Å². The van der Waals surface area contributed by atoms with Crippen LogP contribution in [0, 0.1) is 0 Å². The third-order valence-corrected chi connectivity index (χ3v) is 2.74. The highest BCUT2D eigenvalue weighted by Crippen LogP contribution is 2.16. The Balaban J connectivity index is 2.00. The summed E-state index contributed by atoms with van der Waals surface area (Å²) >= 11 is 0. The molecule has 1 atom stereocenters. The molecule has 1 aromatic heterocycles. The minimum atomic E-state index is -0.274. The van der Waals surface area contributed by atoms with E-state index in [-0.39, 0.29) is 24.4 Å². The van der Waals surface area contributed by atoms with Crippen molar-refractivity contribution in [1.82, 2.24) is 9.97 Å². The Bertz CT molecular complexity index is 427. The van der Waals surface area contributed by atoms with Crippen LogP contribution in [0.2, 0.25) is 0 Å². The number of nitrogens with zero attached hydrogens (tertiary/aromatic N) is 3. The zero-order valence-electron chi connectivity index (χ0n) is 10.2. The van der Waals surface area contributed by atoms with Crippen molar-refractivity contribution < 1.29 is 14.3 Å². The second kappa shape index (κ2) is 5.63. The monoisotopic (exact) mass is 252 g/mol. The van der Waals surface area contributed by atoms with Crippen molar-refractivity contribution in [3.8, 4) is 0 Å². The predicted molar refractivity (Wildman–Crippen MR) is 65.0 cm³/mol. The van der Waals surface area contributed by atoms with E-state index in [1.807, 2.05) is 4.90 Å². The summed E-state index contributed by atoms with van der Waals surface area (Å²) in [5.41, 5.74) is 5.55. The van der Waals surface area contributed by atoms with Crippen LogP contribution < -0.4 is 10.6 Å². The van der Waals surface area contributed by atoms with Gasteiger partial charge in [0.2, 0.25) is 5.95 Å². The number of nitrogens with two attached hydrogens (primary N) is 1. The molecule has 1 unspecified atom stereocenters. The smallest absolute Gasteiger partial charge is 0.308 e. The highest BCUT2D eigenvalue weighted by atomic mass is 16.5. The van der Waals surface area contributed by atoms with Crippen LogP contribution in [0.1, 0.15) is 6.42 Å². The van der Waals surface area contributed by atoms with Gasteiger partial charge in [0.25, 0.3) is 0 Å². The van der Waals surface area contributed by atoms with Crippen LogP contribution in [-0.2, 0) is 14.3 Å². The summed E-state index contributed by atoms with van der Waals surface area (Å²) in [5.74, 6) is 0.716. The third-order valence-electron chi connectivity index (χ3n) is 2.74. The number of nitrogen functional groups attached to an aromatic ring is 1. The summed E-state index contributed by atoms with van der Waals surface area (Å²) in [5, 5.41) is 0. The van der Waals surface area contributed by atoms with Gasteiger partial charge in [-0.05, 0) is 6.07 Å². The van der Waals surface area contributed by atoms with Crippen LogP contribution in [0.15, 0.2) is 12.3 Å². The SMILES string of the molecule is COC(=O)CC1CN(c2ccnc(N)n2)CCO1. The first-order valence-corrected chi connectivity index (χ1v) is 5.71. The lowest BCUT2D eigenvalue weighted by Crippen LogP contribution is -2.43. The molecule has 2 N–H and O–H groups in total. The van der Waals surface area contributed by atoms with Crippen molar-refractivity contribution in [1.29, 1.82) is 0 Å². The largest absolute Gasteiger partial charge is 0.469 e. The summed E-state index contributed by atoms with van der Waals surface area (Å²) < 4.78 is 10.1. The molecule has 0 radical (unpaired) electrons. The maximum Gasteiger partial charge on any atom is 0.308 e. The van der Waals surface area contributed by atoms with Gasteiger partial charge >= 0.3 is 5.97 Å². The fourth-order valence-electron chi connectivity index (χ4n) is 1.86. The first kappa shape index (κ1) is 12.6. The first-order valence-electron chi connectivity index (χ1n) is 5.71. The molecular formula is C11H16N4O3. The van der Waals surface area contributed by atoms with E-state index >= 15 is 0 Å². The fraction of sp³-hybridized carbons (Fsp3) is 0.545. The molecule has 18 heavy (non-hydrogen) atoms. The fourth-order valence-corrected chi connectivity index (χ4v) is 1.86. The van der Waals surface area contributed by atoms with Crippen molar-refractivity contribution in [3.63, 3.8) is 0 Å². The zero-order chi connectivity index (χ0) is 13.0. The van der Waals surface area contributed by atoms with Gasteiger partial charge < -0.3 is 20.1 Å². The third kappa shape index (κ3) is 3.07. The lowest BCUT2D eigenvalue weighted by Gasteiger charge is -2.33. The molecule has 7 heteroatoms. The Morgan fingerprint density at radius 3 is 3.28 bits per heavy atom. The Kier molecular flexibility index (Phi) is 3.93. The second-order valence-corrected chi connectivity index (χ2v) is 3.99. The molecule has 1 saturated heterocycles. The van der Waals surface area contributed by atoms with E-state index in [1.54, 1.807) is 12.3 Å². The highest BCUT2D eigenvalue weighted by molar-refractivity contribution is 5.69. The topological polar surface area (TPSA) is 90.6 Å². The number of ether oxygens (including phenoxy) is 2. The molecule has 7 nitrogen and oxygen atoms in total. The Hall–Kier alpha value is -1.89. The molecule has 0 saturated carbocycles. The van der Waals surface area contributed by atoms with E-state index in [1.165, 1.54) is 7.11 Å². The lowest BCUT2D eigenvalue weighted by molar-refractivity contribution is -0.144. The van der Waals surface area contributed by atoms with Crippen molar-refractivity contribution >= 4 is 17.7 Å². The average molecular weight is 252 g/mol. The second-order valence-electron chi connectivity index (χ2n) is 3.99. The van der Waals surface area contributed by atoms with Crippen LogP contribution in [0.3, 0.4) is 0 Å². The molecule has 2 rings (SSSR count). The first-order chi connectivity index (χ1) is 8.69.